The van der Waals surface area contributed by atoms with Crippen molar-refractivity contribution in [3.05, 3.63) is 22.2 Å². The zero-order chi connectivity index (χ0) is 12.5. The highest BCUT2D eigenvalue weighted by Crippen LogP contribution is 2.41. The highest BCUT2D eigenvalue weighted by Gasteiger charge is 2.34. The summed E-state index contributed by atoms with van der Waals surface area (Å²) in [5, 5.41) is 0. The summed E-state index contributed by atoms with van der Waals surface area (Å²) in [6.45, 7) is 0. The molecule has 16 heavy (non-hydrogen) atoms. The van der Waals surface area contributed by atoms with Crippen LogP contribution in [0.15, 0.2) is 16.6 Å². The van der Waals surface area contributed by atoms with E-state index >= 15 is 0 Å². The van der Waals surface area contributed by atoms with Gasteiger partial charge < -0.3 is 10.5 Å². The standard InChI is InChI=1S/C8H5BrF5NO/c9-5-4(15)2-1-3(7(10)11)6(5)16-8(12,13)14/h1-2,7H,15H2. The molecule has 90 valence electrons. The number of rotatable bonds is 2. The Balaban J connectivity index is 3.26. The molecule has 0 atom stereocenters. The third kappa shape index (κ3) is 2.97. The number of benzene rings is 1. The number of anilines is 1. The van der Waals surface area contributed by atoms with Crippen molar-refractivity contribution in [2.24, 2.45) is 0 Å². The summed E-state index contributed by atoms with van der Waals surface area (Å²) in [4.78, 5) is 0. The van der Waals surface area contributed by atoms with E-state index in [1.807, 2.05) is 0 Å². The van der Waals surface area contributed by atoms with Crippen LogP contribution in [0, 0.1) is 0 Å². The molecule has 0 heterocycles. The highest BCUT2D eigenvalue weighted by molar-refractivity contribution is 9.10. The molecule has 0 saturated carbocycles. The minimum absolute atomic E-state index is 0.122. The summed E-state index contributed by atoms with van der Waals surface area (Å²) >= 11 is 2.67. The molecule has 1 rings (SSSR count). The van der Waals surface area contributed by atoms with Gasteiger partial charge in [-0.1, -0.05) is 0 Å². The second kappa shape index (κ2) is 4.44. The van der Waals surface area contributed by atoms with Gasteiger partial charge in [0.05, 0.1) is 10.0 Å². The van der Waals surface area contributed by atoms with Gasteiger partial charge in [0, 0.05) is 5.69 Å². The first kappa shape index (κ1) is 13.0. The van der Waals surface area contributed by atoms with Crippen LogP contribution in [0.3, 0.4) is 0 Å². The maximum absolute atomic E-state index is 12.4. The number of halogens is 6. The third-order valence-corrected chi connectivity index (χ3v) is 2.43. The average Bonchev–Trinajstić information content (AvgIpc) is 2.10. The molecule has 0 bridgehead atoms. The molecule has 0 aliphatic carbocycles. The second-order valence-electron chi connectivity index (χ2n) is 2.74. The molecule has 0 aromatic heterocycles. The van der Waals surface area contributed by atoms with Crippen molar-refractivity contribution in [3.63, 3.8) is 0 Å². The molecule has 2 N–H and O–H groups in total. The number of ether oxygens (including phenoxy) is 1. The summed E-state index contributed by atoms with van der Waals surface area (Å²) in [5.41, 5.74) is 4.27. The van der Waals surface area contributed by atoms with E-state index in [9.17, 15) is 22.0 Å². The molecule has 0 aliphatic heterocycles. The lowest BCUT2D eigenvalue weighted by Gasteiger charge is -2.15. The molecule has 0 aliphatic rings. The van der Waals surface area contributed by atoms with Crippen LogP contribution in [-0.2, 0) is 0 Å². The number of hydrogen-bond donors (Lipinski definition) is 1. The van der Waals surface area contributed by atoms with Gasteiger partial charge in [-0.3, -0.25) is 0 Å². The molecule has 1 aromatic rings. The van der Waals surface area contributed by atoms with Crippen LogP contribution >= 0.6 is 15.9 Å². The van der Waals surface area contributed by atoms with E-state index in [1.54, 1.807) is 0 Å². The summed E-state index contributed by atoms with van der Waals surface area (Å²) < 4.78 is 63.9. The highest BCUT2D eigenvalue weighted by atomic mass is 79.9. The Morgan fingerprint density at radius 1 is 1.25 bits per heavy atom. The predicted molar refractivity (Wildman–Crippen MR) is 50.2 cm³/mol. The predicted octanol–water partition coefficient (Wildman–Crippen LogP) is 3.87. The zero-order valence-corrected chi connectivity index (χ0v) is 9.07. The van der Waals surface area contributed by atoms with Gasteiger partial charge in [-0.05, 0) is 28.1 Å². The fraction of sp³-hybridized carbons (Fsp3) is 0.250. The number of nitrogen functional groups attached to an aromatic ring is 1. The molecular formula is C8H5BrF5NO. The molecular weight excluding hydrogens is 301 g/mol. The van der Waals surface area contributed by atoms with Crippen molar-refractivity contribution in [2.75, 3.05) is 5.73 Å². The summed E-state index contributed by atoms with van der Waals surface area (Å²) in [5.74, 6) is -1.01. The van der Waals surface area contributed by atoms with E-state index < -0.39 is 24.1 Å². The Hall–Kier alpha value is -1.05. The van der Waals surface area contributed by atoms with Crippen LogP contribution in [0.5, 0.6) is 5.75 Å². The topological polar surface area (TPSA) is 35.2 Å². The lowest BCUT2D eigenvalue weighted by Crippen LogP contribution is -2.19. The molecule has 0 radical (unpaired) electrons. The number of nitrogens with two attached hydrogens (primary N) is 1. The lowest BCUT2D eigenvalue weighted by molar-refractivity contribution is -0.275. The van der Waals surface area contributed by atoms with Crippen LogP contribution in [0.4, 0.5) is 27.6 Å². The quantitative estimate of drug-likeness (QED) is 0.665. The van der Waals surface area contributed by atoms with E-state index in [-0.39, 0.29) is 10.2 Å². The largest absolute Gasteiger partial charge is 0.573 e. The molecule has 0 unspecified atom stereocenters. The Kier molecular flexibility index (Phi) is 3.61. The third-order valence-electron chi connectivity index (χ3n) is 1.61. The minimum Gasteiger partial charge on any atom is -0.404 e. The maximum atomic E-state index is 12.4. The Bertz CT molecular complexity index is 393. The van der Waals surface area contributed by atoms with E-state index in [2.05, 4.69) is 20.7 Å². The van der Waals surface area contributed by atoms with Gasteiger partial charge in [0.25, 0.3) is 6.43 Å². The molecule has 0 spiro atoms. The maximum Gasteiger partial charge on any atom is 0.573 e. The average molecular weight is 306 g/mol. The Morgan fingerprint density at radius 3 is 2.25 bits per heavy atom. The van der Waals surface area contributed by atoms with E-state index in [1.165, 1.54) is 0 Å². The Labute approximate surface area is 95.3 Å². The molecule has 0 saturated heterocycles. The first-order valence-electron chi connectivity index (χ1n) is 3.84. The molecule has 8 heteroatoms. The first-order valence-corrected chi connectivity index (χ1v) is 4.63. The van der Waals surface area contributed by atoms with E-state index in [4.69, 9.17) is 5.73 Å². The van der Waals surface area contributed by atoms with Crippen molar-refractivity contribution >= 4 is 21.6 Å². The van der Waals surface area contributed by atoms with E-state index in [0.29, 0.717) is 0 Å². The van der Waals surface area contributed by atoms with Gasteiger partial charge in [0.15, 0.2) is 5.75 Å². The second-order valence-corrected chi connectivity index (χ2v) is 3.53. The van der Waals surface area contributed by atoms with Gasteiger partial charge >= 0.3 is 6.36 Å². The monoisotopic (exact) mass is 305 g/mol. The van der Waals surface area contributed by atoms with Crippen molar-refractivity contribution < 1.29 is 26.7 Å². The van der Waals surface area contributed by atoms with Gasteiger partial charge in [0.2, 0.25) is 0 Å². The van der Waals surface area contributed by atoms with Crippen LogP contribution in [0.2, 0.25) is 0 Å². The summed E-state index contributed by atoms with van der Waals surface area (Å²) in [6.07, 6.45) is -8.14. The van der Waals surface area contributed by atoms with Crippen molar-refractivity contribution in [1.82, 2.24) is 0 Å². The van der Waals surface area contributed by atoms with Gasteiger partial charge in [-0.25, -0.2) is 8.78 Å². The fourth-order valence-corrected chi connectivity index (χ4v) is 1.42. The molecule has 1 aromatic carbocycles. The zero-order valence-electron chi connectivity index (χ0n) is 7.49. The smallest absolute Gasteiger partial charge is 0.404 e. The molecule has 2 nitrogen and oxygen atoms in total. The first-order chi connectivity index (χ1) is 7.22. The van der Waals surface area contributed by atoms with Crippen LogP contribution in [0.1, 0.15) is 12.0 Å². The van der Waals surface area contributed by atoms with Crippen LogP contribution < -0.4 is 10.5 Å². The SMILES string of the molecule is Nc1ccc(C(F)F)c(OC(F)(F)F)c1Br. The van der Waals surface area contributed by atoms with Crippen molar-refractivity contribution in [3.8, 4) is 5.75 Å². The summed E-state index contributed by atoms with van der Waals surface area (Å²) in [7, 11) is 0. The van der Waals surface area contributed by atoms with Gasteiger partial charge in [-0.15, -0.1) is 13.2 Å². The minimum atomic E-state index is -5.06. The molecule has 0 fully saturated rings. The fourth-order valence-electron chi connectivity index (χ4n) is 0.978. The molecule has 0 amide bonds. The number of alkyl halides is 5. The summed E-state index contributed by atoms with van der Waals surface area (Å²) in [6, 6.07) is 1.85. The van der Waals surface area contributed by atoms with Crippen molar-refractivity contribution in [1.29, 1.82) is 0 Å². The van der Waals surface area contributed by atoms with Gasteiger partial charge in [-0.2, -0.15) is 0 Å². The lowest BCUT2D eigenvalue weighted by atomic mass is 10.2. The van der Waals surface area contributed by atoms with Crippen LogP contribution in [0.25, 0.3) is 0 Å². The van der Waals surface area contributed by atoms with Crippen molar-refractivity contribution in [2.45, 2.75) is 12.8 Å². The normalized spacial score (nSPS) is 11.9. The Morgan fingerprint density at radius 2 is 1.81 bits per heavy atom. The van der Waals surface area contributed by atoms with E-state index in [0.717, 1.165) is 12.1 Å². The van der Waals surface area contributed by atoms with Gasteiger partial charge in [0.1, 0.15) is 0 Å². The number of hydrogen-bond acceptors (Lipinski definition) is 2. The van der Waals surface area contributed by atoms with Crippen LogP contribution in [-0.4, -0.2) is 6.36 Å².